The van der Waals surface area contributed by atoms with Gasteiger partial charge in [-0.25, -0.2) is 9.97 Å². The van der Waals surface area contributed by atoms with Crippen LogP contribution in [-0.4, -0.2) is 40.4 Å². The third-order valence-electron chi connectivity index (χ3n) is 2.68. The quantitative estimate of drug-likeness (QED) is 0.553. The molecule has 0 amide bonds. The number of rotatable bonds is 6. The molecule has 6 nitrogen and oxygen atoms in total. The average molecular weight is 319 g/mol. The monoisotopic (exact) mass is 319 g/mol. The summed E-state index contributed by atoms with van der Waals surface area (Å²) in [4.78, 5) is 8.59. The molecule has 0 aliphatic heterocycles. The number of nitrogens with one attached hydrogen (secondary N) is 1. The van der Waals surface area contributed by atoms with Crippen LogP contribution < -0.4 is 5.32 Å². The SMILES string of the molecule is COCCNc1nnc(Sc2ncnc3ccccc23)s1. The van der Waals surface area contributed by atoms with Crippen LogP contribution in [0, 0.1) is 0 Å². The lowest BCUT2D eigenvalue weighted by atomic mass is 10.2. The average Bonchev–Trinajstić information content (AvgIpc) is 2.96. The van der Waals surface area contributed by atoms with Gasteiger partial charge in [0.25, 0.3) is 0 Å². The zero-order valence-electron chi connectivity index (χ0n) is 11.3. The highest BCUT2D eigenvalue weighted by atomic mass is 32.2. The number of hydrogen-bond donors (Lipinski definition) is 1. The van der Waals surface area contributed by atoms with Gasteiger partial charge in [-0.1, -0.05) is 29.5 Å². The predicted molar refractivity (Wildman–Crippen MR) is 83.9 cm³/mol. The van der Waals surface area contributed by atoms with Crippen molar-refractivity contribution in [3.63, 3.8) is 0 Å². The number of nitrogens with zero attached hydrogens (tertiary/aromatic N) is 4. The maximum Gasteiger partial charge on any atom is 0.206 e. The van der Waals surface area contributed by atoms with E-state index in [2.05, 4.69) is 25.5 Å². The predicted octanol–water partition coefficient (Wildman–Crippen LogP) is 2.69. The third kappa shape index (κ3) is 3.46. The van der Waals surface area contributed by atoms with Gasteiger partial charge in [0.05, 0.1) is 12.1 Å². The first-order chi connectivity index (χ1) is 10.4. The van der Waals surface area contributed by atoms with E-state index in [9.17, 15) is 0 Å². The molecular weight excluding hydrogens is 306 g/mol. The Morgan fingerprint density at radius 1 is 1.24 bits per heavy atom. The maximum absolute atomic E-state index is 4.99. The molecule has 3 aromatic rings. The number of para-hydroxylation sites is 1. The Balaban J connectivity index is 1.76. The molecule has 8 heteroatoms. The molecule has 0 unspecified atom stereocenters. The Morgan fingerprint density at radius 2 is 2.14 bits per heavy atom. The van der Waals surface area contributed by atoms with E-state index >= 15 is 0 Å². The normalized spacial score (nSPS) is 10.9. The molecule has 0 fully saturated rings. The van der Waals surface area contributed by atoms with E-state index in [0.717, 1.165) is 25.4 Å². The van der Waals surface area contributed by atoms with Crippen molar-refractivity contribution in [1.82, 2.24) is 20.2 Å². The smallest absolute Gasteiger partial charge is 0.206 e. The topological polar surface area (TPSA) is 72.8 Å². The molecule has 0 saturated carbocycles. The molecule has 2 aromatic heterocycles. The molecule has 1 N–H and O–H groups in total. The van der Waals surface area contributed by atoms with Crippen LogP contribution in [0.4, 0.5) is 5.13 Å². The second kappa shape index (κ2) is 6.79. The van der Waals surface area contributed by atoms with E-state index in [1.807, 2.05) is 24.3 Å². The van der Waals surface area contributed by atoms with Crippen molar-refractivity contribution >= 4 is 39.1 Å². The molecule has 0 aliphatic carbocycles. The highest BCUT2D eigenvalue weighted by molar-refractivity contribution is 8.01. The number of anilines is 1. The molecule has 0 radical (unpaired) electrons. The van der Waals surface area contributed by atoms with Gasteiger partial charge < -0.3 is 10.1 Å². The summed E-state index contributed by atoms with van der Waals surface area (Å²) in [6.45, 7) is 1.35. The molecule has 0 spiro atoms. The van der Waals surface area contributed by atoms with Gasteiger partial charge in [-0.2, -0.15) is 0 Å². The van der Waals surface area contributed by atoms with Gasteiger partial charge in [-0.3, -0.25) is 0 Å². The maximum atomic E-state index is 4.99. The van der Waals surface area contributed by atoms with E-state index < -0.39 is 0 Å². The first kappa shape index (κ1) is 14.2. The summed E-state index contributed by atoms with van der Waals surface area (Å²) in [6, 6.07) is 7.93. The minimum Gasteiger partial charge on any atom is -0.383 e. The number of benzene rings is 1. The van der Waals surface area contributed by atoms with Gasteiger partial charge in [0.15, 0.2) is 4.34 Å². The second-order valence-corrected chi connectivity index (χ2v) is 6.30. The Hall–Kier alpha value is -1.77. The minimum atomic E-state index is 0.638. The van der Waals surface area contributed by atoms with Crippen molar-refractivity contribution in [3.05, 3.63) is 30.6 Å². The lowest BCUT2D eigenvalue weighted by Gasteiger charge is -2.01. The second-order valence-electron chi connectivity index (χ2n) is 4.09. The Bertz CT molecular complexity index is 728. The van der Waals surface area contributed by atoms with Crippen LogP contribution >= 0.6 is 23.1 Å². The van der Waals surface area contributed by atoms with Crippen LogP contribution in [0.1, 0.15) is 0 Å². The minimum absolute atomic E-state index is 0.638. The Kier molecular flexibility index (Phi) is 4.59. The number of ether oxygens (including phenoxy) is 1. The van der Waals surface area contributed by atoms with E-state index in [4.69, 9.17) is 4.74 Å². The van der Waals surface area contributed by atoms with Gasteiger partial charge in [0.1, 0.15) is 11.4 Å². The molecule has 108 valence electrons. The van der Waals surface area contributed by atoms with Gasteiger partial charge in [-0.05, 0) is 17.8 Å². The van der Waals surface area contributed by atoms with Gasteiger partial charge in [-0.15, -0.1) is 10.2 Å². The van der Waals surface area contributed by atoms with Crippen LogP contribution in [-0.2, 0) is 4.74 Å². The summed E-state index contributed by atoms with van der Waals surface area (Å²) >= 11 is 3.00. The zero-order chi connectivity index (χ0) is 14.5. The largest absolute Gasteiger partial charge is 0.383 e. The van der Waals surface area contributed by atoms with Crippen LogP contribution in [0.5, 0.6) is 0 Å². The van der Waals surface area contributed by atoms with Crippen LogP contribution in [0.3, 0.4) is 0 Å². The molecule has 3 rings (SSSR count). The van der Waals surface area contributed by atoms with Crippen molar-refractivity contribution in [3.8, 4) is 0 Å². The fourth-order valence-electron chi connectivity index (χ4n) is 1.73. The molecular formula is C13H13N5OS2. The number of methoxy groups -OCH3 is 1. The third-order valence-corrected chi connectivity index (χ3v) is 4.63. The Labute approximate surface area is 130 Å². The van der Waals surface area contributed by atoms with E-state index in [1.54, 1.807) is 13.4 Å². The summed E-state index contributed by atoms with van der Waals surface area (Å²) in [6.07, 6.45) is 1.57. The van der Waals surface area contributed by atoms with Crippen LogP contribution in [0.2, 0.25) is 0 Å². The zero-order valence-corrected chi connectivity index (χ0v) is 12.9. The van der Waals surface area contributed by atoms with Crippen molar-refractivity contribution in [1.29, 1.82) is 0 Å². The van der Waals surface area contributed by atoms with Crippen molar-refractivity contribution in [2.45, 2.75) is 9.37 Å². The van der Waals surface area contributed by atoms with E-state index in [1.165, 1.54) is 23.1 Å². The summed E-state index contributed by atoms with van der Waals surface area (Å²) in [5.41, 5.74) is 0.929. The number of fused-ring (bicyclic) bond motifs is 1. The lowest BCUT2D eigenvalue weighted by Crippen LogP contribution is -2.06. The molecule has 0 atom stereocenters. The summed E-state index contributed by atoms with van der Waals surface area (Å²) < 4.78 is 5.83. The van der Waals surface area contributed by atoms with E-state index in [0.29, 0.717) is 13.2 Å². The van der Waals surface area contributed by atoms with E-state index in [-0.39, 0.29) is 0 Å². The van der Waals surface area contributed by atoms with Gasteiger partial charge in [0, 0.05) is 19.0 Å². The molecule has 0 aliphatic rings. The van der Waals surface area contributed by atoms with Crippen LogP contribution in [0.25, 0.3) is 10.9 Å². The molecule has 2 heterocycles. The van der Waals surface area contributed by atoms with Gasteiger partial charge >= 0.3 is 0 Å². The first-order valence-electron chi connectivity index (χ1n) is 6.31. The Morgan fingerprint density at radius 3 is 3.05 bits per heavy atom. The van der Waals surface area contributed by atoms with Crippen LogP contribution in [0.15, 0.2) is 40.0 Å². The number of hydrogen-bond acceptors (Lipinski definition) is 8. The first-order valence-corrected chi connectivity index (χ1v) is 7.94. The lowest BCUT2D eigenvalue weighted by molar-refractivity contribution is 0.211. The highest BCUT2D eigenvalue weighted by Crippen LogP contribution is 2.33. The summed E-state index contributed by atoms with van der Waals surface area (Å²) in [5, 5.41) is 14.1. The van der Waals surface area contributed by atoms with Crippen molar-refractivity contribution < 1.29 is 4.74 Å². The summed E-state index contributed by atoms with van der Waals surface area (Å²) in [7, 11) is 1.67. The molecule has 0 bridgehead atoms. The van der Waals surface area contributed by atoms with Gasteiger partial charge in [0.2, 0.25) is 5.13 Å². The number of aromatic nitrogens is 4. The molecule has 0 saturated heterocycles. The van der Waals surface area contributed by atoms with Crippen molar-refractivity contribution in [2.24, 2.45) is 0 Å². The molecule has 21 heavy (non-hydrogen) atoms. The van der Waals surface area contributed by atoms with Crippen molar-refractivity contribution in [2.75, 3.05) is 25.6 Å². The fraction of sp³-hybridized carbons (Fsp3) is 0.231. The molecule has 1 aromatic carbocycles. The standard InChI is InChI=1S/C13H13N5OS2/c1-19-7-6-14-12-17-18-13(21-12)20-11-9-4-2-3-5-10(9)15-8-16-11/h2-5,8H,6-7H2,1H3,(H,14,17). The summed E-state index contributed by atoms with van der Waals surface area (Å²) in [5.74, 6) is 0. The fourth-order valence-corrected chi connectivity index (χ4v) is 3.50. The highest BCUT2D eigenvalue weighted by Gasteiger charge is 2.09.